The van der Waals surface area contributed by atoms with Gasteiger partial charge in [-0.2, -0.15) is 4.68 Å². The van der Waals surface area contributed by atoms with Crippen molar-refractivity contribution < 1.29 is 9.66 Å². The van der Waals surface area contributed by atoms with Gasteiger partial charge in [-0.3, -0.25) is 10.1 Å². The summed E-state index contributed by atoms with van der Waals surface area (Å²) in [5.74, 6) is 1.20. The molecular formula is C16H15N5O3S. The minimum atomic E-state index is -0.406. The summed E-state index contributed by atoms with van der Waals surface area (Å²) in [7, 11) is 0. The van der Waals surface area contributed by atoms with Crippen LogP contribution in [0.15, 0.2) is 53.7 Å². The topological polar surface area (TPSA) is 96.0 Å². The third kappa shape index (κ3) is 3.94. The van der Waals surface area contributed by atoms with Gasteiger partial charge in [0.2, 0.25) is 5.16 Å². The molecule has 0 radical (unpaired) electrons. The monoisotopic (exact) mass is 357 g/mol. The Kier molecular flexibility index (Phi) is 5.24. The smallest absolute Gasteiger partial charge is 0.269 e. The number of hydrogen-bond acceptors (Lipinski definition) is 7. The summed E-state index contributed by atoms with van der Waals surface area (Å²) < 4.78 is 7.22. The lowest BCUT2D eigenvalue weighted by atomic mass is 10.2. The fourth-order valence-corrected chi connectivity index (χ4v) is 3.06. The summed E-state index contributed by atoms with van der Waals surface area (Å²) in [4.78, 5) is 10.5. The van der Waals surface area contributed by atoms with E-state index in [9.17, 15) is 10.1 Å². The molecule has 2 aromatic carbocycles. The van der Waals surface area contributed by atoms with Crippen molar-refractivity contribution in [3.05, 3.63) is 64.2 Å². The molecule has 0 fully saturated rings. The number of nitrogens with zero attached hydrogens (tertiary/aromatic N) is 5. The lowest BCUT2D eigenvalue weighted by Crippen LogP contribution is -2.03. The number of nitro groups is 1. The SMILES string of the molecule is CCOc1ccccc1-n1nnnc1SCc1cccc([N+](=O)[O-])c1. The molecular weight excluding hydrogens is 342 g/mol. The van der Waals surface area contributed by atoms with Gasteiger partial charge in [0, 0.05) is 17.9 Å². The molecule has 0 unspecified atom stereocenters. The minimum Gasteiger partial charge on any atom is -0.492 e. The van der Waals surface area contributed by atoms with Crippen LogP contribution in [0.25, 0.3) is 5.69 Å². The highest BCUT2D eigenvalue weighted by atomic mass is 32.2. The predicted molar refractivity (Wildman–Crippen MR) is 93.0 cm³/mol. The van der Waals surface area contributed by atoms with Gasteiger partial charge in [0.25, 0.3) is 5.69 Å². The van der Waals surface area contributed by atoms with Crippen molar-refractivity contribution in [3.8, 4) is 11.4 Å². The number of non-ortho nitro benzene ring substituents is 1. The van der Waals surface area contributed by atoms with Gasteiger partial charge in [-0.25, -0.2) is 0 Å². The molecule has 0 spiro atoms. The Hall–Kier alpha value is -2.94. The van der Waals surface area contributed by atoms with Crippen LogP contribution in [0.4, 0.5) is 5.69 Å². The molecule has 1 aromatic heterocycles. The van der Waals surface area contributed by atoms with Crippen LogP contribution in [-0.4, -0.2) is 31.7 Å². The Morgan fingerprint density at radius 3 is 2.88 bits per heavy atom. The van der Waals surface area contributed by atoms with E-state index in [0.717, 1.165) is 11.3 Å². The maximum Gasteiger partial charge on any atom is 0.269 e. The molecule has 0 saturated heterocycles. The Morgan fingerprint density at radius 1 is 1.24 bits per heavy atom. The highest BCUT2D eigenvalue weighted by Gasteiger charge is 2.14. The Balaban J connectivity index is 1.81. The van der Waals surface area contributed by atoms with Gasteiger partial charge in [0.15, 0.2) is 0 Å². The van der Waals surface area contributed by atoms with Gasteiger partial charge in [0.1, 0.15) is 11.4 Å². The van der Waals surface area contributed by atoms with Gasteiger partial charge in [-0.05, 0) is 35.0 Å². The fraction of sp³-hybridized carbons (Fsp3) is 0.188. The van der Waals surface area contributed by atoms with Crippen LogP contribution >= 0.6 is 11.8 Å². The Morgan fingerprint density at radius 2 is 2.08 bits per heavy atom. The van der Waals surface area contributed by atoms with E-state index in [1.165, 1.54) is 17.8 Å². The molecule has 128 valence electrons. The largest absolute Gasteiger partial charge is 0.492 e. The second-order valence-electron chi connectivity index (χ2n) is 4.99. The molecule has 0 bridgehead atoms. The standard InChI is InChI=1S/C16H15N5O3S/c1-2-24-15-9-4-3-8-14(15)20-16(17-18-19-20)25-11-12-6-5-7-13(10-12)21(22)23/h3-10H,2,11H2,1H3. The molecule has 0 saturated carbocycles. The zero-order chi connectivity index (χ0) is 17.6. The Bertz CT molecular complexity index is 883. The molecule has 8 nitrogen and oxygen atoms in total. The molecule has 0 atom stereocenters. The molecule has 0 aliphatic rings. The van der Waals surface area contributed by atoms with Crippen molar-refractivity contribution in [2.45, 2.75) is 17.8 Å². The van der Waals surface area contributed by atoms with Crippen molar-refractivity contribution in [2.24, 2.45) is 0 Å². The second-order valence-corrected chi connectivity index (χ2v) is 5.93. The first-order valence-corrected chi connectivity index (χ1v) is 8.54. The first-order chi connectivity index (χ1) is 12.2. The van der Waals surface area contributed by atoms with E-state index in [-0.39, 0.29) is 5.69 Å². The Labute approximate surface area is 148 Å². The predicted octanol–water partition coefficient (Wildman–Crippen LogP) is 3.26. The first kappa shape index (κ1) is 16.9. The second kappa shape index (κ2) is 7.75. The van der Waals surface area contributed by atoms with Crippen molar-refractivity contribution in [1.29, 1.82) is 0 Å². The number of aromatic nitrogens is 4. The quantitative estimate of drug-likeness (QED) is 0.364. The lowest BCUT2D eigenvalue weighted by molar-refractivity contribution is -0.384. The van der Waals surface area contributed by atoms with E-state index in [2.05, 4.69) is 15.5 Å². The van der Waals surface area contributed by atoms with Crippen LogP contribution in [0.1, 0.15) is 12.5 Å². The minimum absolute atomic E-state index is 0.0689. The van der Waals surface area contributed by atoms with Gasteiger partial charge in [-0.1, -0.05) is 36.0 Å². The maximum atomic E-state index is 10.9. The lowest BCUT2D eigenvalue weighted by Gasteiger charge is -2.10. The molecule has 9 heteroatoms. The van der Waals surface area contributed by atoms with Crippen LogP contribution in [-0.2, 0) is 5.75 Å². The van der Waals surface area contributed by atoms with Crippen molar-refractivity contribution in [2.75, 3.05) is 6.61 Å². The first-order valence-electron chi connectivity index (χ1n) is 7.55. The van der Waals surface area contributed by atoms with Crippen LogP contribution < -0.4 is 4.74 Å². The maximum absolute atomic E-state index is 10.9. The fourth-order valence-electron chi connectivity index (χ4n) is 2.24. The van der Waals surface area contributed by atoms with Crippen LogP contribution in [0.3, 0.4) is 0 Å². The van der Waals surface area contributed by atoms with E-state index in [1.54, 1.807) is 16.8 Å². The van der Waals surface area contributed by atoms with E-state index in [4.69, 9.17) is 4.74 Å². The summed E-state index contributed by atoms with van der Waals surface area (Å²) in [5.41, 5.74) is 1.64. The van der Waals surface area contributed by atoms with E-state index >= 15 is 0 Å². The number of hydrogen-bond donors (Lipinski definition) is 0. The number of rotatable bonds is 7. The van der Waals surface area contributed by atoms with Gasteiger partial charge in [0.05, 0.1) is 11.5 Å². The molecule has 0 N–H and O–H groups in total. The molecule has 3 rings (SSSR count). The molecule has 0 aliphatic carbocycles. The number of ether oxygens (including phenoxy) is 1. The molecule has 25 heavy (non-hydrogen) atoms. The average Bonchev–Trinajstić information content (AvgIpc) is 3.09. The van der Waals surface area contributed by atoms with Crippen molar-refractivity contribution in [3.63, 3.8) is 0 Å². The number of benzene rings is 2. The number of nitro benzene ring substituents is 1. The highest BCUT2D eigenvalue weighted by Crippen LogP contribution is 2.28. The molecule has 0 amide bonds. The normalized spacial score (nSPS) is 10.6. The van der Waals surface area contributed by atoms with Crippen LogP contribution in [0.5, 0.6) is 5.75 Å². The third-order valence-electron chi connectivity index (χ3n) is 3.32. The van der Waals surface area contributed by atoms with Crippen molar-refractivity contribution in [1.82, 2.24) is 20.2 Å². The highest BCUT2D eigenvalue weighted by molar-refractivity contribution is 7.98. The van der Waals surface area contributed by atoms with Crippen LogP contribution in [0, 0.1) is 10.1 Å². The van der Waals surface area contributed by atoms with Gasteiger partial charge >= 0.3 is 0 Å². The van der Waals surface area contributed by atoms with E-state index in [1.807, 2.05) is 37.3 Å². The van der Waals surface area contributed by atoms with Gasteiger partial charge in [-0.15, -0.1) is 5.10 Å². The zero-order valence-electron chi connectivity index (χ0n) is 13.4. The summed E-state index contributed by atoms with van der Waals surface area (Å²) >= 11 is 1.40. The van der Waals surface area contributed by atoms with Gasteiger partial charge < -0.3 is 4.74 Å². The molecule has 0 aliphatic heterocycles. The molecule has 3 aromatic rings. The summed E-state index contributed by atoms with van der Waals surface area (Å²) in [6, 6.07) is 14.0. The zero-order valence-corrected chi connectivity index (χ0v) is 14.2. The average molecular weight is 357 g/mol. The van der Waals surface area contributed by atoms with E-state index < -0.39 is 4.92 Å². The number of tetrazole rings is 1. The van der Waals surface area contributed by atoms with E-state index in [0.29, 0.717) is 23.3 Å². The summed E-state index contributed by atoms with van der Waals surface area (Å²) in [6.07, 6.45) is 0. The van der Waals surface area contributed by atoms with Crippen molar-refractivity contribution >= 4 is 17.4 Å². The number of para-hydroxylation sites is 2. The molecule has 1 heterocycles. The number of thioether (sulfide) groups is 1. The summed E-state index contributed by atoms with van der Waals surface area (Å²) in [5, 5.41) is 23.3. The van der Waals surface area contributed by atoms with Crippen LogP contribution in [0.2, 0.25) is 0 Å². The summed E-state index contributed by atoms with van der Waals surface area (Å²) in [6.45, 7) is 2.45. The third-order valence-corrected chi connectivity index (χ3v) is 4.31.